The van der Waals surface area contributed by atoms with Crippen LogP contribution < -0.4 is 10.9 Å². The fraction of sp³-hybridized carbons (Fsp3) is 0.182. The van der Waals surface area contributed by atoms with Crippen LogP contribution in [0.25, 0.3) is 0 Å². The molecule has 11 heteroatoms. The Balaban J connectivity index is 2.56. The fourth-order valence-corrected chi connectivity index (χ4v) is 2.19. The lowest BCUT2D eigenvalue weighted by atomic mass is 10.4. The van der Waals surface area contributed by atoms with E-state index >= 15 is 0 Å². The first-order valence-electron chi connectivity index (χ1n) is 5.53. The van der Waals surface area contributed by atoms with Crippen LogP contribution in [0.2, 0.25) is 15.1 Å². The Bertz CT molecular complexity index is 791. The van der Waals surface area contributed by atoms with Crippen molar-refractivity contribution in [1.29, 1.82) is 0 Å². The van der Waals surface area contributed by atoms with Crippen molar-refractivity contribution in [3.8, 4) is 0 Å². The number of hydrogen-bond acceptors (Lipinski definition) is 4. The summed E-state index contributed by atoms with van der Waals surface area (Å²) in [5.74, 6) is -0.428. The average molecular weight is 374 g/mol. The lowest BCUT2D eigenvalue weighted by Crippen LogP contribution is -2.26. The maximum absolute atomic E-state index is 12.8. The largest absolute Gasteiger partial charge is 0.435 e. The third kappa shape index (κ3) is 3.29. The van der Waals surface area contributed by atoms with Gasteiger partial charge < -0.3 is 5.32 Å². The van der Waals surface area contributed by atoms with Crippen LogP contribution in [-0.2, 0) is 13.2 Å². The van der Waals surface area contributed by atoms with Gasteiger partial charge in [0.15, 0.2) is 11.5 Å². The van der Waals surface area contributed by atoms with Crippen LogP contribution in [0.3, 0.4) is 0 Å². The van der Waals surface area contributed by atoms with E-state index in [9.17, 15) is 18.0 Å². The zero-order chi connectivity index (χ0) is 16.7. The SMILES string of the molecule is Cn1c(Nc2ncc(Cl)cc2Cl)nc(C(F)(F)F)c(Cl)c1=O. The zero-order valence-electron chi connectivity index (χ0n) is 10.7. The monoisotopic (exact) mass is 372 g/mol. The molecular weight excluding hydrogens is 368 g/mol. The van der Waals surface area contributed by atoms with Crippen LogP contribution in [0.1, 0.15) is 5.69 Å². The van der Waals surface area contributed by atoms with Gasteiger partial charge in [0, 0.05) is 13.2 Å². The van der Waals surface area contributed by atoms with Crippen molar-refractivity contribution in [2.75, 3.05) is 5.32 Å². The smallest absolute Gasteiger partial charge is 0.309 e. The van der Waals surface area contributed by atoms with Crippen molar-refractivity contribution in [3.05, 3.63) is 43.4 Å². The molecule has 2 aromatic rings. The molecule has 0 bridgehead atoms. The van der Waals surface area contributed by atoms with E-state index < -0.39 is 28.4 Å². The molecule has 0 unspecified atom stereocenters. The first kappa shape index (κ1) is 16.9. The number of hydrogen-bond donors (Lipinski definition) is 1. The Labute approximate surface area is 136 Å². The van der Waals surface area contributed by atoms with Gasteiger partial charge in [0.05, 0.1) is 10.0 Å². The molecule has 0 aliphatic rings. The topological polar surface area (TPSA) is 59.8 Å². The van der Waals surface area contributed by atoms with Crippen molar-refractivity contribution in [1.82, 2.24) is 14.5 Å². The van der Waals surface area contributed by atoms with Gasteiger partial charge in [-0.15, -0.1) is 0 Å². The summed E-state index contributed by atoms with van der Waals surface area (Å²) in [5.41, 5.74) is -2.55. The van der Waals surface area contributed by atoms with Crippen LogP contribution in [0.5, 0.6) is 0 Å². The first-order chi connectivity index (χ1) is 10.1. The average Bonchev–Trinajstić information content (AvgIpc) is 2.40. The van der Waals surface area contributed by atoms with Gasteiger partial charge in [0.25, 0.3) is 5.56 Å². The molecular formula is C11H6Cl3F3N4O. The van der Waals surface area contributed by atoms with E-state index in [1.54, 1.807) is 0 Å². The highest BCUT2D eigenvalue weighted by Crippen LogP contribution is 2.33. The molecule has 0 aliphatic heterocycles. The molecule has 0 aliphatic carbocycles. The Morgan fingerprint density at radius 2 is 1.91 bits per heavy atom. The molecule has 2 heterocycles. The summed E-state index contributed by atoms with van der Waals surface area (Å²) >= 11 is 16.9. The molecule has 0 fully saturated rings. The minimum atomic E-state index is -4.88. The summed E-state index contributed by atoms with van der Waals surface area (Å²) in [6, 6.07) is 1.33. The number of alkyl halides is 3. The molecule has 0 atom stereocenters. The molecule has 0 saturated heterocycles. The number of nitrogens with one attached hydrogen (secondary N) is 1. The summed E-state index contributed by atoms with van der Waals surface area (Å²) in [6.45, 7) is 0. The van der Waals surface area contributed by atoms with Gasteiger partial charge in [0.2, 0.25) is 5.95 Å². The van der Waals surface area contributed by atoms with Crippen molar-refractivity contribution in [2.45, 2.75) is 6.18 Å². The van der Waals surface area contributed by atoms with Crippen LogP contribution >= 0.6 is 34.8 Å². The highest BCUT2D eigenvalue weighted by atomic mass is 35.5. The zero-order valence-corrected chi connectivity index (χ0v) is 12.9. The van der Waals surface area contributed by atoms with E-state index in [4.69, 9.17) is 34.8 Å². The number of anilines is 2. The Kier molecular flexibility index (Phi) is 4.55. The van der Waals surface area contributed by atoms with Gasteiger partial charge >= 0.3 is 6.18 Å². The lowest BCUT2D eigenvalue weighted by molar-refractivity contribution is -0.141. The lowest BCUT2D eigenvalue weighted by Gasteiger charge is -2.14. The minimum Gasteiger partial charge on any atom is -0.309 e. The van der Waals surface area contributed by atoms with E-state index in [1.165, 1.54) is 19.3 Å². The minimum absolute atomic E-state index is 0.0102. The van der Waals surface area contributed by atoms with E-state index in [1.807, 2.05) is 0 Å². The van der Waals surface area contributed by atoms with Crippen molar-refractivity contribution >= 4 is 46.6 Å². The Morgan fingerprint density at radius 3 is 2.45 bits per heavy atom. The summed E-state index contributed by atoms with van der Waals surface area (Å²) in [7, 11) is 1.20. The van der Waals surface area contributed by atoms with Crippen molar-refractivity contribution < 1.29 is 13.2 Å². The fourth-order valence-electron chi connectivity index (χ4n) is 1.49. The second-order valence-electron chi connectivity index (χ2n) is 4.07. The van der Waals surface area contributed by atoms with Crippen molar-refractivity contribution in [2.24, 2.45) is 7.05 Å². The first-order valence-corrected chi connectivity index (χ1v) is 6.66. The molecule has 118 valence electrons. The summed E-state index contributed by atoms with van der Waals surface area (Å²) in [6.07, 6.45) is -3.65. The van der Waals surface area contributed by atoms with E-state index in [2.05, 4.69) is 15.3 Å². The molecule has 2 rings (SSSR count). The molecule has 0 radical (unpaired) electrons. The highest BCUT2D eigenvalue weighted by molar-refractivity contribution is 6.36. The highest BCUT2D eigenvalue weighted by Gasteiger charge is 2.37. The maximum atomic E-state index is 12.8. The molecule has 5 nitrogen and oxygen atoms in total. The summed E-state index contributed by atoms with van der Waals surface area (Å²) < 4.78 is 39.3. The molecule has 0 spiro atoms. The molecule has 22 heavy (non-hydrogen) atoms. The van der Waals surface area contributed by atoms with Crippen LogP contribution in [0.15, 0.2) is 17.1 Å². The number of aromatic nitrogens is 3. The van der Waals surface area contributed by atoms with Crippen molar-refractivity contribution in [3.63, 3.8) is 0 Å². The molecule has 0 aromatic carbocycles. The Hall–Kier alpha value is -1.51. The van der Waals surface area contributed by atoms with Gasteiger partial charge in [-0.2, -0.15) is 13.2 Å². The normalized spacial score (nSPS) is 11.6. The van der Waals surface area contributed by atoms with Gasteiger partial charge in [-0.05, 0) is 6.07 Å². The Morgan fingerprint density at radius 1 is 1.27 bits per heavy atom. The predicted octanol–water partition coefficient (Wildman–Crippen LogP) is 3.90. The molecule has 2 aromatic heterocycles. The third-order valence-corrected chi connectivity index (χ3v) is 3.38. The standard InChI is InChI=1S/C11H6Cl3F3N4O/c1-21-9(22)6(14)7(11(15,16)17)19-10(21)20-8-5(13)2-4(12)3-18-8/h2-3H,1H3,(H,18,19,20). The van der Waals surface area contributed by atoms with E-state index in [0.717, 1.165) is 4.57 Å². The molecule has 1 N–H and O–H groups in total. The predicted molar refractivity (Wildman–Crippen MR) is 77.0 cm³/mol. The van der Waals surface area contributed by atoms with Crippen LogP contribution in [0, 0.1) is 0 Å². The van der Waals surface area contributed by atoms with Gasteiger partial charge in [-0.3, -0.25) is 9.36 Å². The summed E-state index contributed by atoms with van der Waals surface area (Å²) in [5, 5.41) is 1.71. The number of halogens is 6. The quantitative estimate of drug-likeness (QED) is 0.867. The second kappa shape index (κ2) is 5.94. The van der Waals surface area contributed by atoms with Crippen LogP contribution in [-0.4, -0.2) is 14.5 Å². The number of nitrogens with zero attached hydrogens (tertiary/aromatic N) is 3. The van der Waals surface area contributed by atoms with Gasteiger partial charge in [-0.1, -0.05) is 34.8 Å². The van der Waals surface area contributed by atoms with Gasteiger partial charge in [0.1, 0.15) is 5.02 Å². The second-order valence-corrected chi connectivity index (χ2v) is 5.29. The maximum Gasteiger partial charge on any atom is 0.435 e. The molecule has 0 saturated carbocycles. The van der Waals surface area contributed by atoms with E-state index in [-0.39, 0.29) is 15.9 Å². The van der Waals surface area contributed by atoms with Crippen LogP contribution in [0.4, 0.5) is 24.9 Å². The van der Waals surface area contributed by atoms with Gasteiger partial charge in [-0.25, -0.2) is 9.97 Å². The number of rotatable bonds is 2. The number of pyridine rings is 1. The summed E-state index contributed by atoms with van der Waals surface area (Å²) in [4.78, 5) is 18.9. The van der Waals surface area contributed by atoms with E-state index in [0.29, 0.717) is 0 Å². The third-order valence-electron chi connectivity index (χ3n) is 2.54. The molecule has 0 amide bonds.